The molecule has 0 aromatic rings. The Bertz CT molecular complexity index is 240. The average Bonchev–Trinajstić information content (AvgIpc) is 2.15. The summed E-state index contributed by atoms with van der Waals surface area (Å²) >= 11 is 0. The molecule has 0 atom stereocenters. The average molecular weight is 183 g/mol. The molecule has 0 aliphatic heterocycles. The predicted molar refractivity (Wildman–Crippen MR) is 47.9 cm³/mol. The van der Waals surface area contributed by atoms with E-state index in [2.05, 4.69) is 10.5 Å². The lowest BCUT2D eigenvalue weighted by Crippen LogP contribution is -2.33. The van der Waals surface area contributed by atoms with Crippen LogP contribution in [0.15, 0.2) is 5.10 Å². The van der Waals surface area contributed by atoms with E-state index >= 15 is 0 Å². The fourth-order valence-electron chi connectivity index (χ4n) is 1.26. The molecule has 0 aromatic carbocycles. The van der Waals surface area contributed by atoms with E-state index in [1.807, 2.05) is 0 Å². The molecule has 0 heterocycles. The van der Waals surface area contributed by atoms with Crippen LogP contribution in [-0.4, -0.2) is 17.5 Å². The number of carbonyl (C=O) groups is 2. The fraction of sp³-hybridized carbons (Fsp3) is 0.625. The van der Waals surface area contributed by atoms with Gasteiger partial charge in [-0.25, -0.2) is 5.43 Å². The summed E-state index contributed by atoms with van der Waals surface area (Å²) in [5.41, 5.74) is 7.80. The highest BCUT2D eigenvalue weighted by molar-refractivity contribution is 6.34. The minimum absolute atomic E-state index is 0.849. The highest BCUT2D eigenvalue weighted by Gasteiger charge is 2.09. The van der Waals surface area contributed by atoms with Gasteiger partial charge in [0, 0.05) is 5.71 Å². The lowest BCUT2D eigenvalue weighted by Gasteiger charge is -2.11. The molecule has 1 aliphatic carbocycles. The van der Waals surface area contributed by atoms with Gasteiger partial charge < -0.3 is 5.73 Å². The van der Waals surface area contributed by atoms with E-state index in [1.54, 1.807) is 0 Å². The summed E-state index contributed by atoms with van der Waals surface area (Å²) in [7, 11) is 0. The number of rotatable bonds is 1. The van der Waals surface area contributed by atoms with Crippen LogP contribution in [0.25, 0.3) is 0 Å². The van der Waals surface area contributed by atoms with Gasteiger partial charge in [0.05, 0.1) is 0 Å². The molecule has 5 nitrogen and oxygen atoms in total. The van der Waals surface area contributed by atoms with Crippen molar-refractivity contribution in [2.24, 2.45) is 10.8 Å². The van der Waals surface area contributed by atoms with Gasteiger partial charge in [-0.05, 0) is 25.7 Å². The van der Waals surface area contributed by atoms with E-state index in [0.717, 1.165) is 31.4 Å². The van der Waals surface area contributed by atoms with Crippen LogP contribution in [0.5, 0.6) is 0 Å². The Morgan fingerprint density at radius 1 is 1.23 bits per heavy atom. The predicted octanol–water partition coefficient (Wildman–Crippen LogP) is -0.0920. The Hall–Kier alpha value is -1.39. The molecule has 5 heteroatoms. The Balaban J connectivity index is 2.37. The number of hydrogen-bond acceptors (Lipinski definition) is 3. The fourth-order valence-corrected chi connectivity index (χ4v) is 1.26. The zero-order chi connectivity index (χ0) is 9.68. The maximum Gasteiger partial charge on any atom is 0.329 e. The second kappa shape index (κ2) is 4.59. The Kier molecular flexibility index (Phi) is 3.42. The number of hydrogen-bond donors (Lipinski definition) is 2. The third-order valence-corrected chi connectivity index (χ3v) is 1.97. The molecule has 0 spiro atoms. The van der Waals surface area contributed by atoms with Gasteiger partial charge in [-0.15, -0.1) is 0 Å². The van der Waals surface area contributed by atoms with Crippen molar-refractivity contribution in [1.82, 2.24) is 5.43 Å². The van der Waals surface area contributed by atoms with Crippen LogP contribution in [0, 0.1) is 0 Å². The monoisotopic (exact) mass is 183 g/mol. The van der Waals surface area contributed by atoms with Gasteiger partial charge in [0.1, 0.15) is 0 Å². The molecule has 0 bridgehead atoms. The van der Waals surface area contributed by atoms with Gasteiger partial charge in [0.25, 0.3) is 0 Å². The molecule has 0 radical (unpaired) electrons. The van der Waals surface area contributed by atoms with Gasteiger partial charge in [0.2, 0.25) is 0 Å². The van der Waals surface area contributed by atoms with Crippen LogP contribution in [0.1, 0.15) is 32.1 Å². The van der Waals surface area contributed by atoms with Crippen LogP contribution in [0.4, 0.5) is 0 Å². The van der Waals surface area contributed by atoms with Crippen LogP contribution in [-0.2, 0) is 9.59 Å². The molecule has 1 fully saturated rings. The third kappa shape index (κ3) is 3.23. The van der Waals surface area contributed by atoms with Crippen LogP contribution in [0.3, 0.4) is 0 Å². The Morgan fingerprint density at radius 3 is 2.38 bits per heavy atom. The van der Waals surface area contributed by atoms with Crippen molar-refractivity contribution in [3.63, 3.8) is 0 Å². The Morgan fingerprint density at radius 2 is 1.85 bits per heavy atom. The SMILES string of the molecule is NC(=O)C(=O)NN=C1CCCCC1. The molecule has 3 N–H and O–H groups in total. The molecule has 0 saturated heterocycles. The minimum atomic E-state index is -1.000. The first-order chi connectivity index (χ1) is 6.20. The van der Waals surface area contributed by atoms with Gasteiger partial charge in [-0.3, -0.25) is 9.59 Å². The van der Waals surface area contributed by atoms with Crippen LogP contribution in [0.2, 0.25) is 0 Å². The molecule has 1 saturated carbocycles. The smallest absolute Gasteiger partial charge is 0.329 e. The summed E-state index contributed by atoms with van der Waals surface area (Å²) in [5.74, 6) is -1.85. The van der Waals surface area contributed by atoms with Crippen molar-refractivity contribution in [3.05, 3.63) is 0 Å². The number of nitrogens with one attached hydrogen (secondary N) is 1. The van der Waals surface area contributed by atoms with Gasteiger partial charge >= 0.3 is 11.8 Å². The van der Waals surface area contributed by atoms with Crippen molar-refractivity contribution in [2.75, 3.05) is 0 Å². The molecule has 2 amide bonds. The summed E-state index contributed by atoms with van der Waals surface area (Å²) in [6, 6.07) is 0. The highest BCUT2D eigenvalue weighted by atomic mass is 16.2. The largest absolute Gasteiger partial charge is 0.361 e. The number of nitrogens with zero attached hydrogens (tertiary/aromatic N) is 1. The van der Waals surface area contributed by atoms with E-state index in [-0.39, 0.29) is 0 Å². The summed E-state index contributed by atoms with van der Waals surface area (Å²) in [5, 5.41) is 3.82. The minimum Gasteiger partial charge on any atom is -0.361 e. The number of hydrazone groups is 1. The number of primary amides is 1. The van der Waals surface area contributed by atoms with E-state index < -0.39 is 11.8 Å². The number of amides is 2. The normalized spacial score (nSPS) is 16.5. The van der Waals surface area contributed by atoms with Crippen molar-refractivity contribution in [2.45, 2.75) is 32.1 Å². The second-order valence-corrected chi connectivity index (χ2v) is 3.04. The van der Waals surface area contributed by atoms with E-state index in [9.17, 15) is 9.59 Å². The quantitative estimate of drug-likeness (QED) is 0.439. The third-order valence-electron chi connectivity index (χ3n) is 1.97. The van der Waals surface area contributed by atoms with E-state index in [1.165, 1.54) is 6.42 Å². The summed E-state index contributed by atoms with van der Waals surface area (Å²) in [6.07, 6.45) is 5.22. The molecular weight excluding hydrogens is 170 g/mol. The maximum atomic E-state index is 10.7. The number of carbonyl (C=O) groups excluding carboxylic acids is 2. The van der Waals surface area contributed by atoms with E-state index in [4.69, 9.17) is 5.73 Å². The highest BCUT2D eigenvalue weighted by Crippen LogP contribution is 2.13. The molecule has 0 unspecified atom stereocenters. The van der Waals surface area contributed by atoms with Crippen molar-refractivity contribution < 1.29 is 9.59 Å². The van der Waals surface area contributed by atoms with Crippen LogP contribution < -0.4 is 11.2 Å². The van der Waals surface area contributed by atoms with Crippen molar-refractivity contribution in [3.8, 4) is 0 Å². The topological polar surface area (TPSA) is 84.5 Å². The van der Waals surface area contributed by atoms with Crippen LogP contribution >= 0.6 is 0 Å². The molecule has 0 aromatic heterocycles. The van der Waals surface area contributed by atoms with Crippen molar-refractivity contribution >= 4 is 17.5 Å². The molecule has 1 rings (SSSR count). The van der Waals surface area contributed by atoms with E-state index in [0.29, 0.717) is 0 Å². The molecular formula is C8H13N3O2. The summed E-state index contributed by atoms with van der Waals surface area (Å²) in [4.78, 5) is 21.0. The van der Waals surface area contributed by atoms with Gasteiger partial charge in [-0.2, -0.15) is 5.10 Å². The zero-order valence-corrected chi connectivity index (χ0v) is 7.38. The van der Waals surface area contributed by atoms with Gasteiger partial charge in [-0.1, -0.05) is 6.42 Å². The number of nitrogens with two attached hydrogens (primary N) is 1. The lowest BCUT2D eigenvalue weighted by molar-refractivity contribution is -0.137. The molecule has 72 valence electrons. The second-order valence-electron chi connectivity index (χ2n) is 3.04. The summed E-state index contributed by atoms with van der Waals surface area (Å²) in [6.45, 7) is 0. The molecule has 1 aliphatic rings. The first-order valence-electron chi connectivity index (χ1n) is 4.35. The zero-order valence-electron chi connectivity index (χ0n) is 7.38. The molecule has 13 heavy (non-hydrogen) atoms. The first kappa shape index (κ1) is 9.70. The lowest BCUT2D eigenvalue weighted by atomic mass is 9.99. The summed E-state index contributed by atoms with van der Waals surface area (Å²) < 4.78 is 0. The first-order valence-corrected chi connectivity index (χ1v) is 4.35. The van der Waals surface area contributed by atoms with Gasteiger partial charge in [0.15, 0.2) is 0 Å². The maximum absolute atomic E-state index is 10.7. The Labute approximate surface area is 76.4 Å². The van der Waals surface area contributed by atoms with Crippen molar-refractivity contribution in [1.29, 1.82) is 0 Å². The standard InChI is InChI=1S/C8H13N3O2/c9-7(12)8(13)11-10-6-4-2-1-3-5-6/h1-5H2,(H2,9,12)(H,11,13).